The highest BCUT2D eigenvalue weighted by Gasteiger charge is 2.21. The van der Waals surface area contributed by atoms with Crippen molar-refractivity contribution in [3.8, 4) is 6.07 Å². The van der Waals surface area contributed by atoms with Gasteiger partial charge in [0.25, 0.3) is 0 Å². The number of carbonyl (C=O) groups excluding carboxylic acids is 2. The summed E-state index contributed by atoms with van der Waals surface area (Å²) in [6.45, 7) is -1.21. The van der Waals surface area contributed by atoms with Crippen LogP contribution in [0.25, 0.3) is 0 Å². The summed E-state index contributed by atoms with van der Waals surface area (Å²) in [7, 11) is 0. The molecule has 9 N–H and O–H groups in total. The molecule has 0 spiro atoms. The van der Waals surface area contributed by atoms with Gasteiger partial charge in [-0.15, -0.1) is 0 Å². The Labute approximate surface area is 167 Å². The first-order chi connectivity index (χ1) is 13.4. The van der Waals surface area contributed by atoms with Crippen LogP contribution in [-0.4, -0.2) is 74.6 Å². The van der Waals surface area contributed by atoms with Crippen molar-refractivity contribution in [2.45, 2.75) is 5.54 Å². The maximum atomic E-state index is 11.1. The van der Waals surface area contributed by atoms with Gasteiger partial charge < -0.3 is 41.9 Å². The molecule has 158 valence electrons. The van der Waals surface area contributed by atoms with Gasteiger partial charge in [0, 0.05) is 0 Å². The molecule has 0 radical (unpaired) electrons. The topological polar surface area (TPSA) is 243 Å². The number of aliphatic hydroxyl groups is 3. The number of aliphatic carboxylic acids is 2. The average Bonchev–Trinajstić information content (AvgIpc) is 2.70. The fourth-order valence-electron chi connectivity index (χ4n) is 1.37. The molecule has 0 bridgehead atoms. The lowest BCUT2D eigenvalue weighted by atomic mass is 10.1. The van der Waals surface area contributed by atoms with Crippen LogP contribution in [0.4, 0.5) is 11.4 Å². The van der Waals surface area contributed by atoms with Crippen LogP contribution in [0.3, 0.4) is 0 Å². The minimum Gasteiger partial charge on any atom is -0.474 e. The van der Waals surface area contributed by atoms with Gasteiger partial charge in [-0.25, -0.2) is 9.59 Å². The summed E-state index contributed by atoms with van der Waals surface area (Å²) in [6.07, 6.45) is 0. The molecule has 0 aliphatic rings. The van der Waals surface area contributed by atoms with E-state index in [-0.39, 0.29) is 22.0 Å². The number of carboxylic acid groups (broad SMARTS) is 2. The summed E-state index contributed by atoms with van der Waals surface area (Å²) >= 11 is 5.81. The second-order valence-corrected chi connectivity index (χ2v) is 5.73. The van der Waals surface area contributed by atoms with E-state index in [9.17, 15) is 19.2 Å². The number of hydrogen-bond donors (Lipinski definition) is 8. The smallest absolute Gasteiger partial charge is 0.394 e. The molecule has 0 saturated carbocycles. The Kier molecular flexibility index (Phi) is 10.2. The first-order valence-corrected chi connectivity index (χ1v) is 7.76. The predicted octanol–water partition coefficient (Wildman–Crippen LogP) is -2.08. The van der Waals surface area contributed by atoms with Crippen LogP contribution >= 0.6 is 11.6 Å². The van der Waals surface area contributed by atoms with Crippen molar-refractivity contribution in [3.05, 3.63) is 22.7 Å². The summed E-state index contributed by atoms with van der Waals surface area (Å²) in [5, 5.41) is 54.3. The van der Waals surface area contributed by atoms with Gasteiger partial charge in [0.15, 0.2) is 0 Å². The Hall–Kier alpha value is -3.28. The molecule has 0 fully saturated rings. The number of halogens is 1. The minimum absolute atomic E-state index is 0.0826. The van der Waals surface area contributed by atoms with Crippen molar-refractivity contribution in [1.82, 2.24) is 0 Å². The van der Waals surface area contributed by atoms with Crippen LogP contribution in [0.15, 0.2) is 12.1 Å². The summed E-state index contributed by atoms with van der Waals surface area (Å²) in [5.41, 5.74) is 3.33. The predicted molar refractivity (Wildman–Crippen MR) is 96.9 cm³/mol. The zero-order valence-electron chi connectivity index (χ0n) is 14.5. The molecule has 0 unspecified atom stereocenters. The Balaban J connectivity index is 0.000000828. The molecule has 1 aromatic carbocycles. The summed E-state index contributed by atoms with van der Waals surface area (Å²) in [4.78, 5) is 43.1. The molecule has 29 heavy (non-hydrogen) atoms. The molecular formula is C15H17ClN4O9. The third kappa shape index (κ3) is 8.09. The van der Waals surface area contributed by atoms with E-state index in [2.05, 4.69) is 0 Å². The largest absolute Gasteiger partial charge is 0.474 e. The van der Waals surface area contributed by atoms with Crippen LogP contribution < -0.4 is 16.4 Å². The number of benzene rings is 1. The standard InChI is InChI=1S/C11H6ClN3O6.C4H11NO3/c12-7-5(14-8(16)10(18)19)1-4(3-13)2-6(7)15-9(17)11(20)21;5-4(1-6,2-7)3-8/h1-2H,(H,14,16)(H,15,17)(H,18,19)(H,20,21);6-8H,1-3,5H2. The molecule has 1 aromatic rings. The quantitative estimate of drug-likeness (QED) is 0.234. The van der Waals surface area contributed by atoms with Crippen LogP contribution in [0.2, 0.25) is 5.02 Å². The van der Waals surface area contributed by atoms with Crippen molar-refractivity contribution in [3.63, 3.8) is 0 Å². The van der Waals surface area contributed by atoms with Gasteiger partial charge in [-0.1, -0.05) is 11.6 Å². The van der Waals surface area contributed by atoms with Crippen molar-refractivity contribution in [1.29, 1.82) is 5.26 Å². The highest BCUT2D eigenvalue weighted by atomic mass is 35.5. The number of nitrogens with two attached hydrogens (primary N) is 1. The first-order valence-electron chi connectivity index (χ1n) is 7.38. The molecular weight excluding hydrogens is 416 g/mol. The van der Waals surface area contributed by atoms with Crippen LogP contribution in [0, 0.1) is 11.3 Å². The van der Waals surface area contributed by atoms with E-state index in [1.54, 1.807) is 6.07 Å². The molecule has 0 atom stereocenters. The van der Waals surface area contributed by atoms with Crippen molar-refractivity contribution in [2.75, 3.05) is 30.5 Å². The number of nitriles is 1. The summed E-state index contributed by atoms with van der Waals surface area (Å²) < 4.78 is 0. The fraction of sp³-hybridized carbons (Fsp3) is 0.267. The SMILES string of the molecule is N#Cc1cc(NC(=O)C(=O)O)c(Cl)c(NC(=O)C(=O)O)c1.NC(CO)(CO)CO. The van der Waals surface area contributed by atoms with E-state index in [1.165, 1.54) is 0 Å². The van der Waals surface area contributed by atoms with Crippen LogP contribution in [0.5, 0.6) is 0 Å². The van der Waals surface area contributed by atoms with Gasteiger partial charge in [-0.2, -0.15) is 5.26 Å². The number of hydrogen-bond acceptors (Lipinski definition) is 9. The van der Waals surface area contributed by atoms with Crippen LogP contribution in [-0.2, 0) is 19.2 Å². The molecule has 14 heteroatoms. The number of carboxylic acids is 2. The van der Waals surface area contributed by atoms with E-state index in [4.69, 9.17) is 48.1 Å². The number of amides is 2. The number of rotatable bonds is 5. The Morgan fingerprint density at radius 1 is 0.966 bits per heavy atom. The molecule has 1 rings (SSSR count). The molecule has 13 nitrogen and oxygen atoms in total. The van der Waals surface area contributed by atoms with Gasteiger partial charge in [0.05, 0.1) is 53.4 Å². The Morgan fingerprint density at radius 2 is 1.31 bits per heavy atom. The Bertz CT molecular complexity index is 776. The van der Waals surface area contributed by atoms with Crippen molar-refractivity contribution >= 4 is 46.7 Å². The summed E-state index contributed by atoms with van der Waals surface area (Å²) in [6, 6.07) is 3.82. The third-order valence-electron chi connectivity index (χ3n) is 3.03. The van der Waals surface area contributed by atoms with E-state index < -0.39 is 49.1 Å². The lowest BCUT2D eigenvalue weighted by molar-refractivity contribution is -0.147. The zero-order valence-corrected chi connectivity index (χ0v) is 15.3. The number of aliphatic hydroxyl groups excluding tert-OH is 3. The normalized spacial score (nSPS) is 10.1. The van der Waals surface area contributed by atoms with Crippen molar-refractivity contribution < 1.29 is 44.7 Å². The van der Waals surface area contributed by atoms with Gasteiger partial charge >= 0.3 is 23.8 Å². The maximum absolute atomic E-state index is 11.1. The number of anilines is 2. The number of nitrogens with one attached hydrogen (secondary N) is 2. The van der Waals surface area contributed by atoms with E-state index >= 15 is 0 Å². The zero-order chi connectivity index (χ0) is 22.8. The number of carbonyl (C=O) groups is 4. The van der Waals surface area contributed by atoms with Crippen molar-refractivity contribution in [2.24, 2.45) is 5.73 Å². The Morgan fingerprint density at radius 3 is 1.52 bits per heavy atom. The lowest BCUT2D eigenvalue weighted by Crippen LogP contribution is -2.50. The maximum Gasteiger partial charge on any atom is 0.394 e. The molecule has 0 aliphatic heterocycles. The van der Waals surface area contributed by atoms with E-state index in [0.29, 0.717) is 0 Å². The second kappa shape index (κ2) is 11.5. The molecule has 0 aromatic heterocycles. The fourth-order valence-corrected chi connectivity index (χ4v) is 1.58. The van der Waals surface area contributed by atoms with E-state index in [0.717, 1.165) is 12.1 Å². The second-order valence-electron chi connectivity index (χ2n) is 5.35. The molecule has 2 amide bonds. The monoisotopic (exact) mass is 432 g/mol. The minimum atomic E-state index is -1.79. The van der Waals surface area contributed by atoms with Gasteiger partial charge in [0.2, 0.25) is 0 Å². The van der Waals surface area contributed by atoms with Crippen LogP contribution in [0.1, 0.15) is 5.56 Å². The molecule has 0 saturated heterocycles. The molecule has 0 heterocycles. The highest BCUT2D eigenvalue weighted by molar-refractivity contribution is 6.42. The first kappa shape index (κ1) is 25.7. The van der Waals surface area contributed by atoms with Gasteiger partial charge in [0.1, 0.15) is 0 Å². The highest BCUT2D eigenvalue weighted by Crippen LogP contribution is 2.32. The van der Waals surface area contributed by atoms with Gasteiger partial charge in [-0.05, 0) is 12.1 Å². The lowest BCUT2D eigenvalue weighted by Gasteiger charge is -2.20. The average molecular weight is 433 g/mol. The number of nitrogens with zero attached hydrogens (tertiary/aromatic N) is 1. The third-order valence-corrected chi connectivity index (χ3v) is 3.44. The summed E-state index contributed by atoms with van der Waals surface area (Å²) in [5.74, 6) is -6.40. The van der Waals surface area contributed by atoms with Gasteiger partial charge in [-0.3, -0.25) is 9.59 Å². The van der Waals surface area contributed by atoms with E-state index in [1.807, 2.05) is 10.6 Å². The molecule has 0 aliphatic carbocycles.